The zero-order valence-electron chi connectivity index (χ0n) is 11.5. The van der Waals surface area contributed by atoms with Crippen LogP contribution in [0.2, 0.25) is 0 Å². The number of aliphatic hydroxyl groups excluding tert-OH is 1. The van der Waals surface area contributed by atoms with Gasteiger partial charge in [0.2, 0.25) is 0 Å². The second-order valence-corrected chi connectivity index (χ2v) is 4.68. The van der Waals surface area contributed by atoms with E-state index in [4.69, 9.17) is 4.74 Å². The zero-order chi connectivity index (χ0) is 13.7. The van der Waals surface area contributed by atoms with Crippen LogP contribution in [0.3, 0.4) is 0 Å². The van der Waals surface area contributed by atoms with Crippen LogP contribution in [0.15, 0.2) is 36.4 Å². The normalized spacial score (nSPS) is 12.6. The Morgan fingerprint density at radius 3 is 2.74 bits per heavy atom. The molecule has 2 aromatic carbocycles. The van der Waals surface area contributed by atoms with E-state index in [0.29, 0.717) is 19.7 Å². The lowest BCUT2D eigenvalue weighted by Gasteiger charge is -2.14. The first-order chi connectivity index (χ1) is 9.22. The summed E-state index contributed by atoms with van der Waals surface area (Å²) in [6.07, 6.45) is -0.342. The number of rotatable bonds is 6. The predicted molar refractivity (Wildman–Crippen MR) is 78.5 cm³/mol. The van der Waals surface area contributed by atoms with Crippen molar-refractivity contribution in [1.82, 2.24) is 5.32 Å². The van der Waals surface area contributed by atoms with Crippen molar-refractivity contribution in [3.8, 4) is 5.75 Å². The van der Waals surface area contributed by atoms with Gasteiger partial charge in [-0.05, 0) is 30.7 Å². The van der Waals surface area contributed by atoms with E-state index in [9.17, 15) is 5.11 Å². The third-order valence-electron chi connectivity index (χ3n) is 3.04. The number of aliphatic hydroxyl groups is 1. The van der Waals surface area contributed by atoms with Crippen LogP contribution in [-0.2, 0) is 6.54 Å². The molecule has 2 rings (SSSR count). The molecule has 2 aromatic rings. The molecule has 0 saturated carbocycles. The fourth-order valence-corrected chi connectivity index (χ4v) is 2.20. The standard InChI is InChI=1S/C16H21NO2/c1-3-19-16-9-8-13-6-4-5-7-14(13)15(16)11-17-10-12(2)18/h4-9,12,17-18H,3,10-11H2,1-2H3/t12-/m0/s1. The van der Waals surface area contributed by atoms with E-state index in [1.54, 1.807) is 6.92 Å². The second-order valence-electron chi connectivity index (χ2n) is 4.68. The Morgan fingerprint density at radius 2 is 2.00 bits per heavy atom. The molecule has 0 spiro atoms. The van der Waals surface area contributed by atoms with Gasteiger partial charge in [-0.1, -0.05) is 30.3 Å². The summed E-state index contributed by atoms with van der Waals surface area (Å²) < 4.78 is 5.70. The molecule has 0 bridgehead atoms. The fourth-order valence-electron chi connectivity index (χ4n) is 2.20. The lowest BCUT2D eigenvalue weighted by atomic mass is 10.0. The Morgan fingerprint density at radius 1 is 1.21 bits per heavy atom. The Kier molecular flexibility index (Phi) is 4.77. The summed E-state index contributed by atoms with van der Waals surface area (Å²) in [7, 11) is 0. The topological polar surface area (TPSA) is 41.5 Å². The minimum absolute atomic E-state index is 0.342. The lowest BCUT2D eigenvalue weighted by molar-refractivity contribution is 0.191. The van der Waals surface area contributed by atoms with Crippen LogP contribution in [0.1, 0.15) is 19.4 Å². The average molecular weight is 259 g/mol. The first-order valence-corrected chi connectivity index (χ1v) is 6.74. The van der Waals surface area contributed by atoms with E-state index in [2.05, 4.69) is 23.5 Å². The van der Waals surface area contributed by atoms with E-state index < -0.39 is 0 Å². The monoisotopic (exact) mass is 259 g/mol. The van der Waals surface area contributed by atoms with Crippen molar-refractivity contribution < 1.29 is 9.84 Å². The number of hydrogen-bond donors (Lipinski definition) is 2. The number of nitrogens with one attached hydrogen (secondary N) is 1. The van der Waals surface area contributed by atoms with Gasteiger partial charge >= 0.3 is 0 Å². The predicted octanol–water partition coefficient (Wildman–Crippen LogP) is 2.71. The highest BCUT2D eigenvalue weighted by Gasteiger charge is 2.08. The zero-order valence-corrected chi connectivity index (χ0v) is 11.5. The summed E-state index contributed by atoms with van der Waals surface area (Å²) in [5.74, 6) is 0.916. The van der Waals surface area contributed by atoms with Gasteiger partial charge in [0, 0.05) is 18.7 Å². The maximum Gasteiger partial charge on any atom is 0.124 e. The SMILES string of the molecule is CCOc1ccc2ccccc2c1CNC[C@H](C)O. The molecule has 0 aliphatic carbocycles. The summed E-state index contributed by atoms with van der Waals surface area (Å²) in [6, 6.07) is 12.4. The van der Waals surface area contributed by atoms with E-state index in [1.807, 2.05) is 25.1 Å². The molecule has 0 aliphatic rings. The van der Waals surface area contributed by atoms with E-state index in [1.165, 1.54) is 10.8 Å². The smallest absolute Gasteiger partial charge is 0.124 e. The van der Waals surface area contributed by atoms with Crippen LogP contribution < -0.4 is 10.1 Å². The molecule has 0 radical (unpaired) electrons. The molecule has 0 heterocycles. The molecule has 3 heteroatoms. The number of ether oxygens (including phenoxy) is 1. The van der Waals surface area contributed by atoms with Crippen LogP contribution >= 0.6 is 0 Å². The van der Waals surface area contributed by atoms with Crippen molar-refractivity contribution in [2.24, 2.45) is 0 Å². The first kappa shape index (κ1) is 13.8. The van der Waals surface area contributed by atoms with Gasteiger partial charge in [0.25, 0.3) is 0 Å². The molecule has 1 atom stereocenters. The molecule has 2 N–H and O–H groups in total. The minimum Gasteiger partial charge on any atom is -0.494 e. The van der Waals surface area contributed by atoms with Crippen molar-refractivity contribution in [3.05, 3.63) is 42.0 Å². The summed E-state index contributed by atoms with van der Waals surface area (Å²) >= 11 is 0. The van der Waals surface area contributed by atoms with Crippen LogP contribution in [0.25, 0.3) is 10.8 Å². The van der Waals surface area contributed by atoms with Gasteiger partial charge in [0.05, 0.1) is 12.7 Å². The molecular weight excluding hydrogens is 238 g/mol. The second kappa shape index (κ2) is 6.55. The molecule has 0 amide bonds. The van der Waals surface area contributed by atoms with Crippen molar-refractivity contribution in [2.75, 3.05) is 13.2 Å². The van der Waals surface area contributed by atoms with Crippen LogP contribution in [0, 0.1) is 0 Å². The highest BCUT2D eigenvalue weighted by atomic mass is 16.5. The van der Waals surface area contributed by atoms with Gasteiger partial charge in [-0.15, -0.1) is 0 Å². The van der Waals surface area contributed by atoms with Crippen molar-refractivity contribution >= 4 is 10.8 Å². The fraction of sp³-hybridized carbons (Fsp3) is 0.375. The van der Waals surface area contributed by atoms with Crippen LogP contribution in [0.4, 0.5) is 0 Å². The Balaban J connectivity index is 2.32. The highest BCUT2D eigenvalue weighted by molar-refractivity contribution is 5.87. The van der Waals surface area contributed by atoms with Crippen molar-refractivity contribution in [2.45, 2.75) is 26.5 Å². The Bertz CT molecular complexity index is 537. The number of benzene rings is 2. The van der Waals surface area contributed by atoms with E-state index in [0.717, 1.165) is 11.3 Å². The summed E-state index contributed by atoms with van der Waals surface area (Å²) in [6.45, 7) is 5.69. The third kappa shape index (κ3) is 3.46. The molecule has 0 fully saturated rings. The van der Waals surface area contributed by atoms with Gasteiger partial charge in [-0.25, -0.2) is 0 Å². The molecule has 19 heavy (non-hydrogen) atoms. The Labute approximate surface area is 114 Å². The van der Waals surface area contributed by atoms with Crippen LogP contribution in [-0.4, -0.2) is 24.4 Å². The average Bonchev–Trinajstić information content (AvgIpc) is 2.40. The number of hydrogen-bond acceptors (Lipinski definition) is 3. The van der Waals surface area contributed by atoms with Gasteiger partial charge < -0.3 is 15.2 Å². The largest absolute Gasteiger partial charge is 0.494 e. The molecule has 102 valence electrons. The molecule has 0 aliphatic heterocycles. The maximum absolute atomic E-state index is 9.32. The molecular formula is C16H21NO2. The van der Waals surface area contributed by atoms with Gasteiger partial charge in [0.15, 0.2) is 0 Å². The molecule has 0 aromatic heterocycles. The first-order valence-electron chi connectivity index (χ1n) is 6.74. The molecule has 0 saturated heterocycles. The van der Waals surface area contributed by atoms with E-state index in [-0.39, 0.29) is 6.10 Å². The third-order valence-corrected chi connectivity index (χ3v) is 3.04. The maximum atomic E-state index is 9.32. The van der Waals surface area contributed by atoms with Gasteiger partial charge in [-0.2, -0.15) is 0 Å². The van der Waals surface area contributed by atoms with Crippen molar-refractivity contribution in [1.29, 1.82) is 0 Å². The van der Waals surface area contributed by atoms with Crippen LogP contribution in [0.5, 0.6) is 5.75 Å². The minimum atomic E-state index is -0.342. The number of fused-ring (bicyclic) bond motifs is 1. The lowest BCUT2D eigenvalue weighted by Crippen LogP contribution is -2.24. The summed E-state index contributed by atoms with van der Waals surface area (Å²) in [5.41, 5.74) is 1.15. The molecule has 0 unspecified atom stereocenters. The van der Waals surface area contributed by atoms with Gasteiger partial charge in [0.1, 0.15) is 5.75 Å². The summed E-state index contributed by atoms with van der Waals surface area (Å²) in [4.78, 5) is 0. The quantitative estimate of drug-likeness (QED) is 0.838. The summed E-state index contributed by atoms with van der Waals surface area (Å²) in [5, 5.41) is 15.0. The van der Waals surface area contributed by atoms with Crippen molar-refractivity contribution in [3.63, 3.8) is 0 Å². The van der Waals surface area contributed by atoms with Gasteiger partial charge in [-0.3, -0.25) is 0 Å². The van der Waals surface area contributed by atoms with E-state index >= 15 is 0 Å². The molecule has 3 nitrogen and oxygen atoms in total. The Hall–Kier alpha value is -1.58. The highest BCUT2D eigenvalue weighted by Crippen LogP contribution is 2.28.